The second-order valence-electron chi connectivity index (χ2n) is 4.53. The van der Waals surface area contributed by atoms with Crippen LogP contribution in [-0.2, 0) is 13.6 Å². The van der Waals surface area contributed by atoms with Crippen molar-refractivity contribution in [3.8, 4) is 0 Å². The van der Waals surface area contributed by atoms with Crippen molar-refractivity contribution >= 4 is 23.0 Å². The molecule has 0 fully saturated rings. The Kier molecular flexibility index (Phi) is 4.16. The number of benzene rings is 1. The van der Waals surface area contributed by atoms with E-state index in [2.05, 4.69) is 17.3 Å². The molecular formula is C14H18N4S. The van der Waals surface area contributed by atoms with E-state index in [9.17, 15) is 0 Å². The molecule has 1 aromatic carbocycles. The van der Waals surface area contributed by atoms with Crippen molar-refractivity contribution in [2.45, 2.75) is 13.5 Å². The minimum atomic E-state index is 0.703. The molecule has 5 heteroatoms. The van der Waals surface area contributed by atoms with Gasteiger partial charge >= 0.3 is 0 Å². The third-order valence-corrected chi connectivity index (χ3v) is 3.53. The van der Waals surface area contributed by atoms with Crippen LogP contribution in [0.4, 0.5) is 5.69 Å². The predicted molar refractivity (Wildman–Crippen MR) is 82.1 cm³/mol. The van der Waals surface area contributed by atoms with Crippen molar-refractivity contribution in [2.24, 2.45) is 7.05 Å². The van der Waals surface area contributed by atoms with Crippen LogP contribution in [0, 0.1) is 6.92 Å². The highest BCUT2D eigenvalue weighted by molar-refractivity contribution is 7.80. The topological polar surface area (TPSA) is 33.1 Å². The van der Waals surface area contributed by atoms with Gasteiger partial charge in [0.15, 0.2) is 5.11 Å². The Hall–Kier alpha value is -1.88. The Morgan fingerprint density at radius 2 is 2.05 bits per heavy atom. The van der Waals surface area contributed by atoms with Gasteiger partial charge in [0.1, 0.15) is 0 Å². The molecule has 1 heterocycles. The largest absolute Gasteiger partial charge is 0.348 e. The van der Waals surface area contributed by atoms with Crippen LogP contribution in [0.1, 0.15) is 11.3 Å². The zero-order valence-corrected chi connectivity index (χ0v) is 12.2. The van der Waals surface area contributed by atoms with E-state index < -0.39 is 0 Å². The maximum Gasteiger partial charge on any atom is 0.173 e. The van der Waals surface area contributed by atoms with Gasteiger partial charge in [-0.05, 0) is 31.3 Å². The van der Waals surface area contributed by atoms with Gasteiger partial charge in [-0.15, -0.1) is 0 Å². The van der Waals surface area contributed by atoms with Gasteiger partial charge in [0.05, 0.1) is 6.20 Å². The van der Waals surface area contributed by atoms with Gasteiger partial charge in [-0.25, -0.2) is 0 Å². The lowest BCUT2D eigenvalue weighted by Gasteiger charge is -2.20. The summed E-state index contributed by atoms with van der Waals surface area (Å²) >= 11 is 5.40. The van der Waals surface area contributed by atoms with Gasteiger partial charge in [-0.2, -0.15) is 5.10 Å². The first-order valence-corrected chi connectivity index (χ1v) is 6.53. The zero-order valence-electron chi connectivity index (χ0n) is 11.4. The number of aryl methyl sites for hydroxylation is 1. The van der Waals surface area contributed by atoms with Crippen molar-refractivity contribution in [3.63, 3.8) is 0 Å². The summed E-state index contributed by atoms with van der Waals surface area (Å²) in [4.78, 5) is 2.01. The average molecular weight is 274 g/mol. The van der Waals surface area contributed by atoms with E-state index in [1.807, 2.05) is 60.2 Å². The van der Waals surface area contributed by atoms with Gasteiger partial charge in [0, 0.05) is 37.6 Å². The molecule has 19 heavy (non-hydrogen) atoms. The fourth-order valence-corrected chi connectivity index (χ4v) is 1.95. The highest BCUT2D eigenvalue weighted by Crippen LogP contribution is 2.11. The molecule has 0 aliphatic rings. The molecule has 0 saturated carbocycles. The number of rotatable bonds is 3. The Morgan fingerprint density at radius 1 is 1.37 bits per heavy atom. The first kappa shape index (κ1) is 13.5. The standard InChI is InChI=1S/C14H18N4S/c1-11-12(9-15-18(11)3)10-17(2)14(19)16-13-7-5-4-6-8-13/h4-9H,10H2,1-3H3,(H,16,19). The predicted octanol–water partition coefficient (Wildman–Crippen LogP) is 2.56. The van der Waals surface area contributed by atoms with E-state index in [1.54, 1.807) is 0 Å². The summed E-state index contributed by atoms with van der Waals surface area (Å²) in [6, 6.07) is 9.94. The van der Waals surface area contributed by atoms with Crippen molar-refractivity contribution in [2.75, 3.05) is 12.4 Å². The third-order valence-electron chi connectivity index (χ3n) is 3.12. The lowest BCUT2D eigenvalue weighted by molar-refractivity contribution is 0.506. The molecular weight excluding hydrogens is 256 g/mol. The monoisotopic (exact) mass is 274 g/mol. The smallest absolute Gasteiger partial charge is 0.173 e. The van der Waals surface area contributed by atoms with Crippen molar-refractivity contribution in [3.05, 3.63) is 47.8 Å². The van der Waals surface area contributed by atoms with Crippen LogP contribution in [0.2, 0.25) is 0 Å². The van der Waals surface area contributed by atoms with Crippen molar-refractivity contribution in [1.29, 1.82) is 0 Å². The molecule has 0 radical (unpaired) electrons. The Labute approximate surface area is 119 Å². The molecule has 0 unspecified atom stereocenters. The highest BCUT2D eigenvalue weighted by Gasteiger charge is 2.09. The molecule has 0 saturated heterocycles. The maximum atomic E-state index is 5.40. The molecule has 0 amide bonds. The van der Waals surface area contributed by atoms with Gasteiger partial charge in [-0.1, -0.05) is 18.2 Å². The van der Waals surface area contributed by atoms with Crippen LogP contribution < -0.4 is 5.32 Å². The van der Waals surface area contributed by atoms with Crippen molar-refractivity contribution < 1.29 is 0 Å². The number of hydrogen-bond acceptors (Lipinski definition) is 2. The van der Waals surface area contributed by atoms with Crippen molar-refractivity contribution in [1.82, 2.24) is 14.7 Å². The van der Waals surface area contributed by atoms with E-state index in [0.29, 0.717) is 5.11 Å². The van der Waals surface area contributed by atoms with Gasteiger partial charge in [-0.3, -0.25) is 4.68 Å². The van der Waals surface area contributed by atoms with Crippen LogP contribution in [0.25, 0.3) is 0 Å². The van der Waals surface area contributed by atoms with E-state index in [4.69, 9.17) is 12.2 Å². The SMILES string of the molecule is Cc1c(CN(C)C(=S)Nc2ccccc2)cnn1C. The molecule has 0 aliphatic carbocycles. The second kappa shape index (κ2) is 5.84. The fourth-order valence-electron chi connectivity index (χ4n) is 1.77. The summed E-state index contributed by atoms with van der Waals surface area (Å²) in [7, 11) is 3.92. The molecule has 0 atom stereocenters. The Bertz CT molecular complexity index is 562. The summed E-state index contributed by atoms with van der Waals surface area (Å²) in [6.45, 7) is 2.81. The molecule has 1 N–H and O–H groups in total. The molecule has 0 spiro atoms. The molecule has 100 valence electrons. The molecule has 0 aliphatic heterocycles. The molecule has 2 rings (SSSR count). The summed E-state index contributed by atoms with van der Waals surface area (Å²) in [5.41, 5.74) is 3.35. The molecule has 2 aromatic rings. The normalized spacial score (nSPS) is 10.3. The van der Waals surface area contributed by atoms with Crippen LogP contribution >= 0.6 is 12.2 Å². The van der Waals surface area contributed by atoms with E-state index in [1.165, 1.54) is 5.56 Å². The summed E-state index contributed by atoms with van der Waals surface area (Å²) < 4.78 is 1.87. The zero-order chi connectivity index (χ0) is 13.8. The number of nitrogens with one attached hydrogen (secondary N) is 1. The summed E-state index contributed by atoms with van der Waals surface area (Å²) in [6.07, 6.45) is 1.89. The first-order valence-electron chi connectivity index (χ1n) is 6.12. The van der Waals surface area contributed by atoms with E-state index >= 15 is 0 Å². The minimum absolute atomic E-state index is 0.703. The van der Waals surface area contributed by atoms with Crippen LogP contribution in [0.5, 0.6) is 0 Å². The van der Waals surface area contributed by atoms with Gasteiger partial charge in [0.25, 0.3) is 0 Å². The Balaban J connectivity index is 1.98. The molecule has 1 aromatic heterocycles. The summed E-state index contributed by atoms with van der Waals surface area (Å²) in [5.74, 6) is 0. The number of aromatic nitrogens is 2. The summed E-state index contributed by atoms with van der Waals surface area (Å²) in [5, 5.41) is 8.16. The fraction of sp³-hybridized carbons (Fsp3) is 0.286. The number of para-hydroxylation sites is 1. The highest BCUT2D eigenvalue weighted by atomic mass is 32.1. The third kappa shape index (κ3) is 3.32. The maximum absolute atomic E-state index is 5.40. The van der Waals surface area contributed by atoms with Gasteiger partial charge < -0.3 is 10.2 Å². The molecule has 4 nitrogen and oxygen atoms in total. The number of thiocarbonyl (C=S) groups is 1. The number of hydrogen-bond donors (Lipinski definition) is 1. The first-order chi connectivity index (χ1) is 9.08. The number of anilines is 1. The average Bonchev–Trinajstić information content (AvgIpc) is 2.72. The minimum Gasteiger partial charge on any atom is -0.348 e. The van der Waals surface area contributed by atoms with Gasteiger partial charge in [0.2, 0.25) is 0 Å². The van der Waals surface area contributed by atoms with Crippen LogP contribution in [0.3, 0.4) is 0 Å². The Morgan fingerprint density at radius 3 is 2.63 bits per heavy atom. The van der Waals surface area contributed by atoms with E-state index in [-0.39, 0.29) is 0 Å². The quantitative estimate of drug-likeness (QED) is 0.872. The van der Waals surface area contributed by atoms with E-state index in [0.717, 1.165) is 17.9 Å². The number of nitrogens with zero attached hydrogens (tertiary/aromatic N) is 3. The molecule has 0 bridgehead atoms. The van der Waals surface area contributed by atoms with Crippen LogP contribution in [-0.4, -0.2) is 26.8 Å². The second-order valence-corrected chi connectivity index (χ2v) is 4.92. The van der Waals surface area contributed by atoms with Crippen LogP contribution in [0.15, 0.2) is 36.5 Å². The lowest BCUT2D eigenvalue weighted by atomic mass is 10.2. The lowest BCUT2D eigenvalue weighted by Crippen LogP contribution is -2.30.